The van der Waals surface area contributed by atoms with E-state index in [2.05, 4.69) is 37.6 Å². The second-order valence-electron chi connectivity index (χ2n) is 8.10. The lowest BCUT2D eigenvalue weighted by Crippen LogP contribution is -2.36. The number of benzene rings is 2. The first-order chi connectivity index (χ1) is 17.0. The third-order valence-corrected chi connectivity index (χ3v) is 5.50. The maximum absolute atomic E-state index is 11.4. The number of nitrogens with one attached hydrogen (secondary N) is 2. The number of nitrogens with two attached hydrogens (primary N) is 1. The van der Waals surface area contributed by atoms with Crippen molar-refractivity contribution >= 4 is 28.9 Å². The van der Waals surface area contributed by atoms with Gasteiger partial charge in [-0.2, -0.15) is 0 Å². The molecule has 4 rings (SSSR count). The van der Waals surface area contributed by atoms with Crippen molar-refractivity contribution in [1.82, 2.24) is 15.3 Å². The molecule has 0 radical (unpaired) electrons. The molecule has 1 aliphatic rings. The summed E-state index contributed by atoms with van der Waals surface area (Å²) in [6, 6.07) is 15.4. The minimum Gasteiger partial charge on any atom is -0.490 e. The van der Waals surface area contributed by atoms with Crippen LogP contribution in [0.2, 0.25) is 0 Å². The second-order valence-corrected chi connectivity index (χ2v) is 8.10. The summed E-state index contributed by atoms with van der Waals surface area (Å²) in [7, 11) is 0. The predicted octanol–water partition coefficient (Wildman–Crippen LogP) is 2.18. The van der Waals surface area contributed by atoms with Crippen LogP contribution in [0.3, 0.4) is 0 Å². The second kappa shape index (κ2) is 11.5. The zero-order chi connectivity index (χ0) is 24.6. The number of carbonyl (C=O) groups excluding carboxylic acids is 1. The molecule has 1 aromatic heterocycles. The van der Waals surface area contributed by atoms with E-state index in [4.69, 9.17) is 15.2 Å². The van der Waals surface area contributed by atoms with Crippen molar-refractivity contribution in [2.45, 2.75) is 13.0 Å². The molecule has 1 aliphatic heterocycles. The van der Waals surface area contributed by atoms with E-state index in [0.717, 1.165) is 48.9 Å². The molecule has 3 aromatic rings. The van der Waals surface area contributed by atoms with Crippen molar-refractivity contribution < 1.29 is 19.4 Å². The highest BCUT2D eigenvalue weighted by Crippen LogP contribution is 2.28. The standard InChI is InChI=1S/C25H30N6O4/c1-17(32)24(33)27-10-13-35-23-7-2-18(16-21(23)26)22-8-9-28-25(30-22)29-19-3-5-20(6-4-19)31-11-14-34-15-12-31/h2-9,16-17,32H,10-15,26H2,1H3,(H,27,33)(H,28,29,30)/t17-/m0/s1. The quantitative estimate of drug-likeness (QED) is 0.270. The number of hydrogen-bond acceptors (Lipinski definition) is 9. The van der Waals surface area contributed by atoms with Gasteiger partial charge in [-0.25, -0.2) is 9.97 Å². The molecule has 1 atom stereocenters. The van der Waals surface area contributed by atoms with E-state index in [0.29, 0.717) is 17.4 Å². The number of aliphatic hydroxyl groups excluding tert-OH is 1. The molecule has 0 bridgehead atoms. The van der Waals surface area contributed by atoms with Crippen LogP contribution in [0.15, 0.2) is 54.7 Å². The lowest BCUT2D eigenvalue weighted by Gasteiger charge is -2.28. The van der Waals surface area contributed by atoms with E-state index in [1.54, 1.807) is 18.3 Å². The molecule has 1 saturated heterocycles. The Morgan fingerprint density at radius 2 is 1.97 bits per heavy atom. The van der Waals surface area contributed by atoms with E-state index < -0.39 is 12.0 Å². The van der Waals surface area contributed by atoms with Crippen LogP contribution in [0, 0.1) is 0 Å². The Bertz CT molecular complexity index is 1130. The Labute approximate surface area is 204 Å². The van der Waals surface area contributed by atoms with Crippen LogP contribution in [0.1, 0.15) is 6.92 Å². The molecule has 10 nitrogen and oxygen atoms in total. The molecule has 35 heavy (non-hydrogen) atoms. The molecule has 0 spiro atoms. The van der Waals surface area contributed by atoms with Crippen LogP contribution < -0.4 is 26.0 Å². The van der Waals surface area contributed by atoms with Gasteiger partial charge in [-0.05, 0) is 55.5 Å². The van der Waals surface area contributed by atoms with E-state index in [9.17, 15) is 9.90 Å². The maximum Gasteiger partial charge on any atom is 0.248 e. The average molecular weight is 479 g/mol. The van der Waals surface area contributed by atoms with E-state index >= 15 is 0 Å². The summed E-state index contributed by atoms with van der Waals surface area (Å²) in [5, 5.41) is 15.0. The fraction of sp³-hybridized carbons (Fsp3) is 0.320. The van der Waals surface area contributed by atoms with Gasteiger partial charge in [0.2, 0.25) is 11.9 Å². The zero-order valence-electron chi connectivity index (χ0n) is 19.6. The largest absolute Gasteiger partial charge is 0.490 e. The van der Waals surface area contributed by atoms with E-state index in [1.807, 2.05) is 24.3 Å². The molecule has 5 N–H and O–H groups in total. The van der Waals surface area contributed by atoms with Crippen LogP contribution in [-0.4, -0.2) is 66.5 Å². The molecule has 10 heteroatoms. The van der Waals surface area contributed by atoms with Crippen LogP contribution >= 0.6 is 0 Å². The molecule has 184 valence electrons. The predicted molar refractivity (Wildman–Crippen MR) is 135 cm³/mol. The van der Waals surface area contributed by atoms with Crippen molar-refractivity contribution in [3.05, 3.63) is 54.7 Å². The Kier molecular flexibility index (Phi) is 7.96. The van der Waals surface area contributed by atoms with E-state index in [-0.39, 0.29) is 13.2 Å². The summed E-state index contributed by atoms with van der Waals surface area (Å²) in [6.07, 6.45) is 0.638. The van der Waals surface area contributed by atoms with Crippen molar-refractivity contribution in [3.63, 3.8) is 0 Å². The summed E-state index contributed by atoms with van der Waals surface area (Å²) in [4.78, 5) is 22.6. The Hall–Kier alpha value is -3.89. The summed E-state index contributed by atoms with van der Waals surface area (Å²) < 4.78 is 11.1. The summed E-state index contributed by atoms with van der Waals surface area (Å²) in [5.74, 6) is 0.542. The van der Waals surface area contributed by atoms with Crippen LogP contribution in [0.4, 0.5) is 23.0 Å². The fourth-order valence-corrected chi connectivity index (χ4v) is 3.61. The molecule has 2 heterocycles. The number of amides is 1. The summed E-state index contributed by atoms with van der Waals surface area (Å²) in [5.41, 5.74) is 10.2. The summed E-state index contributed by atoms with van der Waals surface area (Å²) >= 11 is 0. The first-order valence-corrected chi connectivity index (χ1v) is 11.5. The highest BCUT2D eigenvalue weighted by molar-refractivity contribution is 5.79. The first-order valence-electron chi connectivity index (χ1n) is 11.5. The normalized spacial score (nSPS) is 14.3. The molecular formula is C25H30N6O4. The number of ether oxygens (including phenoxy) is 2. The van der Waals surface area contributed by atoms with Gasteiger partial charge in [0, 0.05) is 36.2 Å². The molecule has 0 saturated carbocycles. The topological polar surface area (TPSA) is 135 Å². The summed E-state index contributed by atoms with van der Waals surface area (Å²) in [6.45, 7) is 5.19. The molecular weight excluding hydrogens is 448 g/mol. The third-order valence-electron chi connectivity index (χ3n) is 5.50. The number of aromatic nitrogens is 2. The third kappa shape index (κ3) is 6.58. The Morgan fingerprint density at radius 3 is 2.69 bits per heavy atom. The van der Waals surface area contributed by atoms with Gasteiger partial charge in [0.25, 0.3) is 0 Å². The highest BCUT2D eigenvalue weighted by atomic mass is 16.5. The van der Waals surface area contributed by atoms with Gasteiger partial charge in [-0.1, -0.05) is 0 Å². The number of aliphatic hydroxyl groups is 1. The number of hydrogen-bond donors (Lipinski definition) is 4. The average Bonchev–Trinajstić information content (AvgIpc) is 2.88. The number of morpholine rings is 1. The Balaban J connectivity index is 1.36. The first kappa shape index (κ1) is 24.2. The molecule has 0 unspecified atom stereocenters. The molecule has 1 fully saturated rings. The fourth-order valence-electron chi connectivity index (χ4n) is 3.61. The minimum absolute atomic E-state index is 0.230. The van der Waals surface area contributed by atoms with Gasteiger partial charge in [-0.3, -0.25) is 4.79 Å². The van der Waals surface area contributed by atoms with Crippen LogP contribution in [0.5, 0.6) is 5.75 Å². The van der Waals surface area contributed by atoms with Crippen LogP contribution in [0.25, 0.3) is 11.3 Å². The maximum atomic E-state index is 11.4. The van der Waals surface area contributed by atoms with Gasteiger partial charge in [0.05, 0.1) is 31.1 Å². The number of anilines is 4. The van der Waals surface area contributed by atoms with Crippen molar-refractivity contribution in [3.8, 4) is 17.0 Å². The molecule has 0 aliphatic carbocycles. The number of nitrogens with zero attached hydrogens (tertiary/aromatic N) is 3. The number of carbonyl (C=O) groups is 1. The van der Waals surface area contributed by atoms with Gasteiger partial charge in [-0.15, -0.1) is 0 Å². The van der Waals surface area contributed by atoms with Crippen LogP contribution in [-0.2, 0) is 9.53 Å². The highest BCUT2D eigenvalue weighted by Gasteiger charge is 2.12. The SMILES string of the molecule is C[C@H](O)C(=O)NCCOc1ccc(-c2ccnc(Nc3ccc(N4CCOCC4)cc3)n2)cc1N. The molecule has 2 aromatic carbocycles. The number of rotatable bonds is 9. The zero-order valence-corrected chi connectivity index (χ0v) is 19.6. The van der Waals surface area contributed by atoms with E-state index in [1.165, 1.54) is 6.92 Å². The molecule has 1 amide bonds. The van der Waals surface area contributed by atoms with Gasteiger partial charge >= 0.3 is 0 Å². The monoisotopic (exact) mass is 478 g/mol. The van der Waals surface area contributed by atoms with Crippen molar-refractivity contribution in [1.29, 1.82) is 0 Å². The Morgan fingerprint density at radius 1 is 1.20 bits per heavy atom. The minimum atomic E-state index is -1.05. The van der Waals surface area contributed by atoms with Crippen molar-refractivity contribution in [2.75, 3.05) is 55.4 Å². The lowest BCUT2D eigenvalue weighted by atomic mass is 10.1. The smallest absolute Gasteiger partial charge is 0.248 e. The van der Waals surface area contributed by atoms with Crippen molar-refractivity contribution in [2.24, 2.45) is 0 Å². The number of nitrogen functional groups attached to an aromatic ring is 1. The van der Waals surface area contributed by atoms with Gasteiger partial charge in [0.15, 0.2) is 0 Å². The lowest BCUT2D eigenvalue weighted by molar-refractivity contribution is -0.128. The van der Waals surface area contributed by atoms with Gasteiger partial charge in [0.1, 0.15) is 18.5 Å². The van der Waals surface area contributed by atoms with Gasteiger partial charge < -0.3 is 35.8 Å².